The molecule has 11 heteroatoms. The molecule has 37 heavy (non-hydrogen) atoms. The SMILES string of the molecule is O=CCN(C(=O)O)N1CCN(c2c(-c3ccccc3)cnc3[nH]cc(NC(=O)c4cccnc4)c23)CC1. The summed E-state index contributed by atoms with van der Waals surface area (Å²) in [4.78, 5) is 49.6. The van der Waals surface area contributed by atoms with E-state index in [1.165, 1.54) is 6.20 Å². The molecule has 188 valence electrons. The van der Waals surface area contributed by atoms with Crippen molar-refractivity contribution in [2.75, 3.05) is 42.9 Å². The van der Waals surface area contributed by atoms with Crippen molar-refractivity contribution in [1.82, 2.24) is 25.0 Å². The van der Waals surface area contributed by atoms with Crippen molar-refractivity contribution in [1.29, 1.82) is 0 Å². The Labute approximate surface area is 212 Å². The molecule has 1 fully saturated rings. The van der Waals surface area contributed by atoms with Gasteiger partial charge in [-0.3, -0.25) is 9.78 Å². The normalized spacial score (nSPS) is 13.9. The van der Waals surface area contributed by atoms with Crippen LogP contribution < -0.4 is 10.2 Å². The maximum Gasteiger partial charge on any atom is 0.422 e. The summed E-state index contributed by atoms with van der Waals surface area (Å²) < 4.78 is 0. The minimum absolute atomic E-state index is 0.216. The average molecular weight is 500 g/mol. The minimum atomic E-state index is -1.16. The molecule has 0 radical (unpaired) electrons. The molecule has 0 aliphatic carbocycles. The van der Waals surface area contributed by atoms with E-state index in [1.54, 1.807) is 35.7 Å². The Hall–Kier alpha value is -4.77. The average Bonchev–Trinajstić information content (AvgIpc) is 3.35. The molecule has 2 amide bonds. The van der Waals surface area contributed by atoms with Gasteiger partial charge in [-0.05, 0) is 17.7 Å². The third-order valence-corrected chi connectivity index (χ3v) is 6.31. The van der Waals surface area contributed by atoms with Crippen molar-refractivity contribution in [3.63, 3.8) is 0 Å². The predicted octanol–water partition coefficient (Wildman–Crippen LogP) is 3.09. The number of carboxylic acid groups (broad SMARTS) is 1. The van der Waals surface area contributed by atoms with Gasteiger partial charge in [0.15, 0.2) is 0 Å². The van der Waals surface area contributed by atoms with Crippen LogP contribution in [0, 0.1) is 0 Å². The molecule has 0 atom stereocenters. The third kappa shape index (κ3) is 4.84. The van der Waals surface area contributed by atoms with Gasteiger partial charge in [0, 0.05) is 56.5 Å². The van der Waals surface area contributed by atoms with Crippen LogP contribution in [0.15, 0.2) is 67.3 Å². The lowest BCUT2D eigenvalue weighted by molar-refractivity contribution is -0.112. The zero-order valence-electron chi connectivity index (χ0n) is 19.9. The van der Waals surface area contributed by atoms with E-state index < -0.39 is 6.09 Å². The Morgan fingerprint density at radius 3 is 2.54 bits per heavy atom. The van der Waals surface area contributed by atoms with E-state index in [1.807, 2.05) is 30.3 Å². The molecule has 3 N–H and O–H groups in total. The topological polar surface area (TPSA) is 135 Å². The number of aromatic nitrogens is 3. The molecule has 0 bridgehead atoms. The predicted molar refractivity (Wildman–Crippen MR) is 138 cm³/mol. The maximum atomic E-state index is 12.9. The number of anilines is 2. The van der Waals surface area contributed by atoms with Gasteiger partial charge in [0.05, 0.1) is 28.9 Å². The number of fused-ring (bicyclic) bond motifs is 1. The summed E-state index contributed by atoms with van der Waals surface area (Å²) in [7, 11) is 0. The van der Waals surface area contributed by atoms with Gasteiger partial charge >= 0.3 is 6.09 Å². The standard InChI is InChI=1S/C26H25N7O4/c34-14-13-33(26(36)37)32-11-9-31(10-12-32)23-20(18-5-2-1-3-6-18)16-28-24-22(23)21(17-29-24)30-25(35)19-7-4-8-27-15-19/h1-8,14-17H,9-13H2,(H,28,29)(H,30,35)(H,36,37). The molecular formula is C26H25N7O4. The highest BCUT2D eigenvalue weighted by molar-refractivity contribution is 6.13. The lowest BCUT2D eigenvalue weighted by atomic mass is 10.0. The van der Waals surface area contributed by atoms with Gasteiger partial charge < -0.3 is 25.1 Å². The number of rotatable bonds is 7. The molecule has 0 spiro atoms. The molecule has 1 aliphatic heterocycles. The zero-order chi connectivity index (χ0) is 25.8. The summed E-state index contributed by atoms with van der Waals surface area (Å²) in [6.45, 7) is 1.60. The monoisotopic (exact) mass is 499 g/mol. The molecule has 4 aromatic rings. The summed E-state index contributed by atoms with van der Waals surface area (Å²) in [5, 5.41) is 16.0. The molecule has 5 rings (SSSR count). The summed E-state index contributed by atoms with van der Waals surface area (Å²) >= 11 is 0. The van der Waals surface area contributed by atoms with Gasteiger partial charge in [-0.25, -0.2) is 19.8 Å². The second kappa shape index (κ2) is 10.5. The number of pyridine rings is 2. The van der Waals surface area contributed by atoms with Gasteiger partial charge in [0.2, 0.25) is 0 Å². The molecule has 0 saturated carbocycles. The second-order valence-corrected chi connectivity index (χ2v) is 8.48. The highest BCUT2D eigenvalue weighted by Gasteiger charge is 2.29. The van der Waals surface area contributed by atoms with Crippen molar-refractivity contribution in [3.05, 3.63) is 72.8 Å². The van der Waals surface area contributed by atoms with Crippen molar-refractivity contribution in [2.24, 2.45) is 0 Å². The smallest absolute Gasteiger partial charge is 0.422 e. The number of aldehydes is 1. The van der Waals surface area contributed by atoms with Crippen LogP contribution in [0.25, 0.3) is 22.2 Å². The van der Waals surface area contributed by atoms with Crippen LogP contribution in [-0.4, -0.2) is 81.1 Å². The Bertz CT molecular complexity index is 1420. The molecule has 11 nitrogen and oxygen atoms in total. The Kier molecular flexibility index (Phi) is 6.77. The number of hydrazine groups is 1. The fourth-order valence-corrected chi connectivity index (χ4v) is 4.57. The van der Waals surface area contributed by atoms with Crippen molar-refractivity contribution >= 4 is 40.7 Å². The van der Waals surface area contributed by atoms with Gasteiger partial charge in [-0.15, -0.1) is 0 Å². The van der Waals surface area contributed by atoms with Gasteiger partial charge in [0.1, 0.15) is 11.9 Å². The van der Waals surface area contributed by atoms with Gasteiger partial charge in [0.25, 0.3) is 5.91 Å². The van der Waals surface area contributed by atoms with Crippen molar-refractivity contribution in [2.45, 2.75) is 0 Å². The van der Waals surface area contributed by atoms with Crippen LogP contribution in [0.2, 0.25) is 0 Å². The van der Waals surface area contributed by atoms with Gasteiger partial charge in [-0.2, -0.15) is 0 Å². The molecular weight excluding hydrogens is 474 g/mol. The first-order valence-corrected chi connectivity index (χ1v) is 11.8. The summed E-state index contributed by atoms with van der Waals surface area (Å²) in [6.07, 6.45) is 6.05. The molecule has 3 aromatic heterocycles. The molecule has 1 saturated heterocycles. The highest BCUT2D eigenvalue weighted by Crippen LogP contribution is 2.40. The van der Waals surface area contributed by atoms with E-state index >= 15 is 0 Å². The lowest BCUT2D eigenvalue weighted by Gasteiger charge is -2.40. The number of amides is 2. The Balaban J connectivity index is 1.54. The Morgan fingerprint density at radius 2 is 1.86 bits per heavy atom. The van der Waals surface area contributed by atoms with E-state index in [2.05, 4.69) is 25.2 Å². The van der Waals surface area contributed by atoms with Crippen LogP contribution in [0.5, 0.6) is 0 Å². The molecule has 0 unspecified atom stereocenters. The van der Waals surface area contributed by atoms with E-state index in [9.17, 15) is 19.5 Å². The molecule has 1 aromatic carbocycles. The summed E-state index contributed by atoms with van der Waals surface area (Å²) in [5.41, 5.74) is 4.37. The van der Waals surface area contributed by atoms with E-state index in [-0.39, 0.29) is 12.5 Å². The first kappa shape index (κ1) is 23.9. The highest BCUT2D eigenvalue weighted by atomic mass is 16.4. The fraction of sp³-hybridized carbons (Fsp3) is 0.192. The second-order valence-electron chi connectivity index (χ2n) is 8.48. The number of hydrogen-bond acceptors (Lipinski definition) is 7. The first-order chi connectivity index (χ1) is 18.1. The van der Waals surface area contributed by atoms with E-state index in [0.717, 1.165) is 27.2 Å². The summed E-state index contributed by atoms with van der Waals surface area (Å²) in [6, 6.07) is 13.2. The largest absolute Gasteiger partial charge is 0.464 e. The van der Waals surface area contributed by atoms with Crippen LogP contribution in [0.1, 0.15) is 10.4 Å². The Morgan fingerprint density at radius 1 is 1.08 bits per heavy atom. The lowest BCUT2D eigenvalue weighted by Crippen LogP contribution is -2.56. The zero-order valence-corrected chi connectivity index (χ0v) is 19.9. The van der Waals surface area contributed by atoms with Crippen LogP contribution in [0.4, 0.5) is 16.2 Å². The summed E-state index contributed by atoms with van der Waals surface area (Å²) in [5.74, 6) is -0.291. The van der Waals surface area contributed by atoms with Crippen LogP contribution >= 0.6 is 0 Å². The van der Waals surface area contributed by atoms with E-state index in [4.69, 9.17) is 0 Å². The van der Waals surface area contributed by atoms with Crippen molar-refractivity contribution in [3.8, 4) is 11.1 Å². The van der Waals surface area contributed by atoms with Crippen LogP contribution in [-0.2, 0) is 4.79 Å². The number of aromatic amines is 1. The number of piperazine rings is 1. The molecule has 4 heterocycles. The van der Waals surface area contributed by atoms with Crippen LogP contribution in [0.3, 0.4) is 0 Å². The minimum Gasteiger partial charge on any atom is -0.464 e. The number of carbonyl (C=O) groups excluding carboxylic acids is 2. The van der Waals surface area contributed by atoms with Crippen molar-refractivity contribution < 1.29 is 19.5 Å². The van der Waals surface area contributed by atoms with Gasteiger partial charge in [-0.1, -0.05) is 30.3 Å². The number of hydrogen-bond donors (Lipinski definition) is 3. The first-order valence-electron chi connectivity index (χ1n) is 11.8. The molecule has 1 aliphatic rings. The van der Waals surface area contributed by atoms with E-state index in [0.29, 0.717) is 49.4 Å². The number of carbonyl (C=O) groups is 3. The number of benzene rings is 1. The number of nitrogens with one attached hydrogen (secondary N) is 2. The third-order valence-electron chi connectivity index (χ3n) is 6.31. The number of H-pyrrole nitrogens is 1. The number of nitrogens with zero attached hydrogens (tertiary/aromatic N) is 5. The fourth-order valence-electron chi connectivity index (χ4n) is 4.57. The quantitative estimate of drug-likeness (QED) is 0.330. The maximum absolute atomic E-state index is 12.9.